The van der Waals surface area contributed by atoms with Crippen LogP contribution in [0.1, 0.15) is 35.3 Å². The number of aryl methyl sites for hydroxylation is 1. The highest BCUT2D eigenvalue weighted by atomic mass is 79.9. The van der Waals surface area contributed by atoms with Crippen LogP contribution in [-0.4, -0.2) is 44.4 Å². The molecule has 0 saturated carbocycles. The highest BCUT2D eigenvalue weighted by Gasteiger charge is 2.39. The minimum atomic E-state index is -0.340. The summed E-state index contributed by atoms with van der Waals surface area (Å²) in [6, 6.07) is 1.81. The maximum atomic E-state index is 12.1. The van der Waals surface area contributed by atoms with Gasteiger partial charge in [-0.15, -0.1) is 0 Å². The molecule has 1 spiro atoms. The van der Waals surface area contributed by atoms with Crippen LogP contribution in [0.25, 0.3) is 0 Å². The van der Waals surface area contributed by atoms with Crippen molar-refractivity contribution in [3.63, 3.8) is 0 Å². The van der Waals surface area contributed by atoms with Gasteiger partial charge in [-0.05, 0) is 53.6 Å². The number of esters is 1. The summed E-state index contributed by atoms with van der Waals surface area (Å²) in [6.07, 6.45) is 3.33. The highest BCUT2D eigenvalue weighted by molar-refractivity contribution is 9.10. The molecule has 0 radical (unpaired) electrons. The molecule has 1 aromatic rings. The lowest BCUT2D eigenvalue weighted by Gasteiger charge is -2.39. The maximum absolute atomic E-state index is 12.1. The second kappa shape index (κ2) is 6.16. The predicted octanol–water partition coefficient (Wildman–Crippen LogP) is 2.95. The van der Waals surface area contributed by atoms with Gasteiger partial charge in [0.25, 0.3) is 0 Å². The molecular weight excluding hydrogens is 348 g/mol. The molecule has 2 saturated heterocycles. The number of nitrogens with zero attached hydrogens (tertiary/aromatic N) is 2. The summed E-state index contributed by atoms with van der Waals surface area (Å²) in [5, 5.41) is 0. The van der Waals surface area contributed by atoms with Gasteiger partial charge >= 0.3 is 5.97 Å². The van der Waals surface area contributed by atoms with Crippen molar-refractivity contribution in [2.75, 3.05) is 38.3 Å². The van der Waals surface area contributed by atoms with E-state index in [0.29, 0.717) is 11.0 Å². The monoisotopic (exact) mass is 368 g/mol. The van der Waals surface area contributed by atoms with E-state index in [-0.39, 0.29) is 5.97 Å². The Morgan fingerprint density at radius 3 is 2.73 bits per heavy atom. The predicted molar refractivity (Wildman–Crippen MR) is 87.3 cm³/mol. The molecule has 5 nitrogen and oxygen atoms in total. The molecule has 2 fully saturated rings. The number of carbonyl (C=O) groups is 1. The molecule has 0 aromatic carbocycles. The first-order chi connectivity index (χ1) is 10.5. The third-order valence-corrected chi connectivity index (χ3v) is 5.65. The molecule has 3 heterocycles. The smallest absolute Gasteiger partial charge is 0.341 e. The number of aromatic nitrogens is 1. The summed E-state index contributed by atoms with van der Waals surface area (Å²) in [5.41, 5.74) is 1.75. The first-order valence-corrected chi connectivity index (χ1v) is 8.42. The summed E-state index contributed by atoms with van der Waals surface area (Å²) >= 11 is 3.45. The minimum absolute atomic E-state index is 0.340. The fourth-order valence-corrected chi connectivity index (χ4v) is 3.62. The van der Waals surface area contributed by atoms with E-state index in [0.717, 1.165) is 61.6 Å². The summed E-state index contributed by atoms with van der Waals surface area (Å²) < 4.78 is 11.3. The Kier molecular flexibility index (Phi) is 4.41. The van der Waals surface area contributed by atoms with E-state index in [9.17, 15) is 4.79 Å². The van der Waals surface area contributed by atoms with Crippen molar-refractivity contribution in [3.05, 3.63) is 21.8 Å². The number of anilines is 1. The van der Waals surface area contributed by atoms with E-state index in [2.05, 4.69) is 25.8 Å². The summed E-state index contributed by atoms with van der Waals surface area (Å²) in [5.74, 6) is 0.397. The number of piperidine rings is 1. The van der Waals surface area contributed by atoms with Crippen LogP contribution >= 0.6 is 15.9 Å². The van der Waals surface area contributed by atoms with Crippen LogP contribution in [0.3, 0.4) is 0 Å². The summed E-state index contributed by atoms with van der Waals surface area (Å²) in [7, 11) is 1.40. The number of pyridine rings is 1. The van der Waals surface area contributed by atoms with E-state index < -0.39 is 0 Å². The van der Waals surface area contributed by atoms with Gasteiger partial charge in [-0.3, -0.25) is 0 Å². The Hall–Kier alpha value is -1.14. The lowest BCUT2D eigenvalue weighted by Crippen LogP contribution is -2.41. The van der Waals surface area contributed by atoms with Crippen molar-refractivity contribution in [2.45, 2.75) is 26.2 Å². The van der Waals surface area contributed by atoms with Crippen molar-refractivity contribution in [2.24, 2.45) is 5.41 Å². The van der Waals surface area contributed by atoms with Gasteiger partial charge < -0.3 is 14.4 Å². The van der Waals surface area contributed by atoms with Crippen molar-refractivity contribution in [1.29, 1.82) is 0 Å². The maximum Gasteiger partial charge on any atom is 0.341 e. The molecule has 0 amide bonds. The van der Waals surface area contributed by atoms with Gasteiger partial charge in [0, 0.05) is 24.2 Å². The van der Waals surface area contributed by atoms with Crippen molar-refractivity contribution in [3.8, 4) is 0 Å². The van der Waals surface area contributed by atoms with Crippen LogP contribution in [0.5, 0.6) is 0 Å². The van der Waals surface area contributed by atoms with Gasteiger partial charge in [0.2, 0.25) is 0 Å². The number of ether oxygens (including phenoxy) is 2. The van der Waals surface area contributed by atoms with Gasteiger partial charge in [0.15, 0.2) is 0 Å². The number of hydrogen-bond donors (Lipinski definition) is 0. The standard InChI is InChI=1S/C16H21BrN2O3/c1-11-13(17)9-12(15(20)21-2)14(18-11)19-6-3-16(4-7-19)5-8-22-10-16/h9H,3-8,10H2,1-2H3. The number of hydrogen-bond acceptors (Lipinski definition) is 5. The molecule has 3 rings (SSSR count). The summed E-state index contributed by atoms with van der Waals surface area (Å²) in [4.78, 5) is 18.9. The van der Waals surface area contributed by atoms with E-state index in [1.54, 1.807) is 0 Å². The van der Waals surface area contributed by atoms with Crippen LogP contribution in [0.15, 0.2) is 10.5 Å². The Morgan fingerprint density at radius 1 is 1.41 bits per heavy atom. The average molecular weight is 369 g/mol. The molecule has 0 N–H and O–H groups in total. The highest BCUT2D eigenvalue weighted by Crippen LogP contribution is 2.40. The Balaban J connectivity index is 1.85. The first-order valence-electron chi connectivity index (χ1n) is 7.63. The lowest BCUT2D eigenvalue weighted by atomic mass is 9.78. The Morgan fingerprint density at radius 2 is 2.14 bits per heavy atom. The van der Waals surface area contributed by atoms with Crippen LogP contribution < -0.4 is 4.90 Å². The molecule has 1 aromatic heterocycles. The quantitative estimate of drug-likeness (QED) is 0.751. The first kappa shape index (κ1) is 15.7. The van der Waals surface area contributed by atoms with Crippen LogP contribution in [-0.2, 0) is 9.47 Å². The Bertz CT molecular complexity index is 575. The number of halogens is 1. The molecule has 2 aliphatic rings. The molecule has 2 aliphatic heterocycles. The normalized spacial score (nSPS) is 20.4. The van der Waals surface area contributed by atoms with Crippen LogP contribution in [0.4, 0.5) is 5.82 Å². The second-order valence-corrected chi connectivity index (χ2v) is 7.06. The van der Waals surface area contributed by atoms with Gasteiger partial charge in [-0.2, -0.15) is 0 Å². The van der Waals surface area contributed by atoms with Gasteiger partial charge in [0.1, 0.15) is 11.4 Å². The lowest BCUT2D eigenvalue weighted by molar-refractivity contribution is 0.0600. The van der Waals surface area contributed by atoms with E-state index in [1.807, 2.05) is 13.0 Å². The van der Waals surface area contributed by atoms with Crippen LogP contribution in [0, 0.1) is 12.3 Å². The van der Waals surface area contributed by atoms with E-state index in [1.165, 1.54) is 7.11 Å². The zero-order chi connectivity index (χ0) is 15.7. The average Bonchev–Trinajstić information content (AvgIpc) is 2.98. The number of methoxy groups -OCH3 is 1. The molecule has 0 aliphatic carbocycles. The zero-order valence-corrected chi connectivity index (χ0v) is 14.6. The summed E-state index contributed by atoms with van der Waals surface area (Å²) in [6.45, 7) is 5.49. The van der Waals surface area contributed by atoms with Gasteiger partial charge in [0.05, 0.1) is 19.4 Å². The fraction of sp³-hybridized carbons (Fsp3) is 0.625. The van der Waals surface area contributed by atoms with Crippen molar-refractivity contribution in [1.82, 2.24) is 4.98 Å². The Labute approximate surface area is 139 Å². The second-order valence-electron chi connectivity index (χ2n) is 6.21. The number of carbonyl (C=O) groups excluding carboxylic acids is 1. The SMILES string of the molecule is COC(=O)c1cc(Br)c(C)nc1N1CCC2(CCOC2)CC1. The molecule has 0 unspecified atom stereocenters. The van der Waals surface area contributed by atoms with Crippen LogP contribution in [0.2, 0.25) is 0 Å². The van der Waals surface area contributed by atoms with E-state index >= 15 is 0 Å². The fourth-order valence-electron chi connectivity index (χ4n) is 3.31. The third kappa shape index (κ3) is 2.86. The molecule has 0 bridgehead atoms. The molecular formula is C16H21BrN2O3. The van der Waals surface area contributed by atoms with Crippen molar-refractivity contribution >= 4 is 27.7 Å². The third-order valence-electron chi connectivity index (χ3n) is 4.85. The largest absolute Gasteiger partial charge is 0.465 e. The minimum Gasteiger partial charge on any atom is -0.465 e. The van der Waals surface area contributed by atoms with Crippen molar-refractivity contribution < 1.29 is 14.3 Å². The molecule has 0 atom stereocenters. The van der Waals surface area contributed by atoms with Gasteiger partial charge in [-0.1, -0.05) is 0 Å². The topological polar surface area (TPSA) is 51.7 Å². The van der Waals surface area contributed by atoms with Gasteiger partial charge in [-0.25, -0.2) is 9.78 Å². The zero-order valence-electron chi connectivity index (χ0n) is 13.0. The van der Waals surface area contributed by atoms with E-state index in [4.69, 9.17) is 9.47 Å². The molecule has 120 valence electrons. The molecule has 22 heavy (non-hydrogen) atoms. The molecule has 6 heteroatoms. The number of rotatable bonds is 2.